The summed E-state index contributed by atoms with van der Waals surface area (Å²) >= 11 is 0. The lowest BCUT2D eigenvalue weighted by Crippen LogP contribution is -2.60. The van der Waals surface area contributed by atoms with E-state index in [1.807, 2.05) is 0 Å². The number of Topliss-reactive ketones (excluding diaryl/α,β-unsaturated/α-hetero) is 1. The van der Waals surface area contributed by atoms with Crippen molar-refractivity contribution >= 4 is 17.7 Å². The molecule has 0 aromatic carbocycles. The van der Waals surface area contributed by atoms with Crippen molar-refractivity contribution in [3.05, 3.63) is 0 Å². The van der Waals surface area contributed by atoms with E-state index in [2.05, 4.69) is 0 Å². The molecule has 0 aromatic heterocycles. The zero-order valence-corrected chi connectivity index (χ0v) is 11.1. The number of carbonyl (C=O) groups excluding carboxylic acids is 3. The van der Waals surface area contributed by atoms with Crippen LogP contribution in [0.15, 0.2) is 0 Å². The molecular weight excluding hydrogens is 248 g/mol. The van der Waals surface area contributed by atoms with Gasteiger partial charge in [0.2, 0.25) is 0 Å². The Bertz CT molecular complexity index is 457. The van der Waals surface area contributed by atoms with E-state index < -0.39 is 11.0 Å². The number of ether oxygens (including phenoxy) is 2. The molecule has 1 saturated heterocycles. The second-order valence-corrected chi connectivity index (χ2v) is 5.97. The Morgan fingerprint density at radius 2 is 2.16 bits per heavy atom. The Kier molecular flexibility index (Phi) is 2.69. The minimum atomic E-state index is -0.921. The van der Waals surface area contributed by atoms with Gasteiger partial charge in [-0.15, -0.1) is 0 Å². The highest BCUT2D eigenvalue weighted by Crippen LogP contribution is 2.61. The molecule has 0 N–H and O–H groups in total. The van der Waals surface area contributed by atoms with Gasteiger partial charge in [0.1, 0.15) is 16.8 Å². The van der Waals surface area contributed by atoms with E-state index in [1.54, 1.807) is 0 Å². The highest BCUT2D eigenvalue weighted by molar-refractivity contribution is 5.90. The van der Waals surface area contributed by atoms with Crippen LogP contribution >= 0.6 is 0 Å². The van der Waals surface area contributed by atoms with Gasteiger partial charge in [-0.25, -0.2) is 0 Å². The molecule has 1 aliphatic heterocycles. The Morgan fingerprint density at radius 3 is 2.89 bits per heavy atom. The van der Waals surface area contributed by atoms with Gasteiger partial charge in [-0.2, -0.15) is 0 Å². The van der Waals surface area contributed by atoms with E-state index in [-0.39, 0.29) is 30.1 Å². The van der Waals surface area contributed by atoms with Gasteiger partial charge in [0.25, 0.3) is 0 Å². The van der Waals surface area contributed by atoms with Gasteiger partial charge in [-0.3, -0.25) is 14.4 Å². The monoisotopic (exact) mass is 266 g/mol. The number of cyclic esters (lactones) is 1. The Morgan fingerprint density at radius 1 is 1.37 bits per heavy atom. The summed E-state index contributed by atoms with van der Waals surface area (Å²) in [5.74, 6) is -0.605. The summed E-state index contributed by atoms with van der Waals surface area (Å²) in [6, 6.07) is 0. The molecule has 2 aliphatic carbocycles. The zero-order chi connectivity index (χ0) is 13.7. The molecule has 3 rings (SSSR count). The van der Waals surface area contributed by atoms with Crippen LogP contribution in [-0.2, 0) is 23.9 Å². The molecule has 2 saturated carbocycles. The molecule has 2 bridgehead atoms. The number of rotatable bonds is 1. The summed E-state index contributed by atoms with van der Waals surface area (Å²) in [5, 5.41) is 0. The van der Waals surface area contributed by atoms with Crippen molar-refractivity contribution in [1.29, 1.82) is 0 Å². The molecule has 104 valence electrons. The van der Waals surface area contributed by atoms with Crippen molar-refractivity contribution in [2.75, 3.05) is 6.61 Å². The Labute approximate surface area is 111 Å². The Balaban J connectivity index is 2.11. The molecule has 0 spiro atoms. The van der Waals surface area contributed by atoms with Crippen molar-refractivity contribution in [1.82, 2.24) is 0 Å². The SMILES string of the molecule is CC(=O)O[C@]12CCCC(=O)C[C@]13CC[C@H]2COC3=O. The van der Waals surface area contributed by atoms with Crippen LogP contribution in [0.3, 0.4) is 0 Å². The molecule has 0 amide bonds. The van der Waals surface area contributed by atoms with Gasteiger partial charge in [0.15, 0.2) is 0 Å². The first-order valence-corrected chi connectivity index (χ1v) is 6.89. The van der Waals surface area contributed by atoms with Crippen molar-refractivity contribution in [3.8, 4) is 0 Å². The van der Waals surface area contributed by atoms with Crippen LogP contribution in [0.2, 0.25) is 0 Å². The normalized spacial score (nSPS) is 41.2. The molecular formula is C14H18O5. The Hall–Kier alpha value is -1.39. The van der Waals surface area contributed by atoms with Crippen molar-refractivity contribution in [2.45, 2.75) is 51.0 Å². The maximum Gasteiger partial charge on any atom is 0.316 e. The lowest BCUT2D eigenvalue weighted by molar-refractivity contribution is -0.213. The smallest absolute Gasteiger partial charge is 0.316 e. The molecule has 0 radical (unpaired) electrons. The van der Waals surface area contributed by atoms with Crippen molar-refractivity contribution in [3.63, 3.8) is 0 Å². The lowest BCUT2D eigenvalue weighted by Gasteiger charge is -2.47. The third kappa shape index (κ3) is 1.56. The van der Waals surface area contributed by atoms with E-state index in [4.69, 9.17) is 9.47 Å². The summed E-state index contributed by atoms with van der Waals surface area (Å²) in [6.45, 7) is 1.68. The predicted molar refractivity (Wildman–Crippen MR) is 64.1 cm³/mol. The number of ketones is 1. The molecule has 3 aliphatic rings. The van der Waals surface area contributed by atoms with Crippen LogP contribution in [0.5, 0.6) is 0 Å². The van der Waals surface area contributed by atoms with E-state index >= 15 is 0 Å². The van der Waals surface area contributed by atoms with E-state index in [0.29, 0.717) is 32.3 Å². The van der Waals surface area contributed by atoms with Gasteiger partial charge in [0.05, 0.1) is 6.61 Å². The highest BCUT2D eigenvalue weighted by atomic mass is 16.6. The van der Waals surface area contributed by atoms with Crippen LogP contribution in [0.25, 0.3) is 0 Å². The third-order valence-corrected chi connectivity index (χ3v) is 5.02. The van der Waals surface area contributed by atoms with Crippen molar-refractivity contribution < 1.29 is 23.9 Å². The molecule has 1 heterocycles. The summed E-state index contributed by atoms with van der Waals surface area (Å²) in [5.41, 5.74) is -1.73. The maximum absolute atomic E-state index is 12.3. The molecule has 3 atom stereocenters. The van der Waals surface area contributed by atoms with Crippen LogP contribution in [0.4, 0.5) is 0 Å². The largest absolute Gasteiger partial charge is 0.465 e. The zero-order valence-electron chi connectivity index (χ0n) is 11.1. The number of esters is 2. The van der Waals surface area contributed by atoms with Gasteiger partial charge < -0.3 is 9.47 Å². The van der Waals surface area contributed by atoms with Crippen LogP contribution in [0.1, 0.15) is 45.4 Å². The first-order valence-electron chi connectivity index (χ1n) is 6.89. The average Bonchev–Trinajstić information content (AvgIpc) is 2.47. The van der Waals surface area contributed by atoms with E-state index in [0.717, 1.165) is 6.42 Å². The van der Waals surface area contributed by atoms with Gasteiger partial charge in [-0.1, -0.05) is 0 Å². The number of hydrogen-bond donors (Lipinski definition) is 0. The van der Waals surface area contributed by atoms with Crippen LogP contribution in [-0.4, -0.2) is 29.9 Å². The molecule has 19 heavy (non-hydrogen) atoms. The van der Waals surface area contributed by atoms with Crippen LogP contribution < -0.4 is 0 Å². The van der Waals surface area contributed by atoms with Gasteiger partial charge in [0, 0.05) is 25.7 Å². The quantitative estimate of drug-likeness (QED) is 0.671. The maximum atomic E-state index is 12.3. The number of hydrogen-bond acceptors (Lipinski definition) is 5. The summed E-state index contributed by atoms with van der Waals surface area (Å²) in [7, 11) is 0. The summed E-state index contributed by atoms with van der Waals surface area (Å²) in [6.07, 6.45) is 3.28. The molecule has 5 nitrogen and oxygen atoms in total. The van der Waals surface area contributed by atoms with E-state index in [9.17, 15) is 14.4 Å². The van der Waals surface area contributed by atoms with Crippen molar-refractivity contribution in [2.24, 2.45) is 11.3 Å². The number of carbonyl (C=O) groups is 3. The van der Waals surface area contributed by atoms with Gasteiger partial charge in [-0.05, 0) is 25.7 Å². The first-order chi connectivity index (χ1) is 9.00. The summed E-state index contributed by atoms with van der Waals surface area (Å²) in [4.78, 5) is 35.8. The fourth-order valence-electron chi connectivity index (χ4n) is 4.28. The summed E-state index contributed by atoms with van der Waals surface area (Å²) < 4.78 is 10.9. The standard InChI is InChI=1S/C14H18O5/c1-9(15)19-14-5-2-3-11(16)7-13(14)6-4-10(14)8-18-12(13)17/h10H,2-8H2,1H3/t10-,13-,14-/m0/s1. The fourth-order valence-corrected chi connectivity index (χ4v) is 4.28. The second kappa shape index (κ2) is 4.05. The highest BCUT2D eigenvalue weighted by Gasteiger charge is 2.70. The topological polar surface area (TPSA) is 69.7 Å². The predicted octanol–water partition coefficient (Wildman–Crippen LogP) is 1.38. The average molecular weight is 266 g/mol. The minimum absolute atomic E-state index is 0.0417. The molecule has 0 unspecified atom stereocenters. The molecule has 5 heteroatoms. The molecule has 0 aromatic rings. The lowest BCUT2D eigenvalue weighted by atomic mass is 9.66. The molecule has 3 fully saturated rings. The minimum Gasteiger partial charge on any atom is -0.465 e. The van der Waals surface area contributed by atoms with E-state index in [1.165, 1.54) is 6.92 Å². The second-order valence-electron chi connectivity index (χ2n) is 5.97. The third-order valence-electron chi connectivity index (χ3n) is 5.02. The van der Waals surface area contributed by atoms with Gasteiger partial charge >= 0.3 is 11.9 Å². The fraction of sp³-hybridized carbons (Fsp3) is 0.786. The van der Waals surface area contributed by atoms with Crippen LogP contribution in [0, 0.1) is 11.3 Å². The first kappa shape index (κ1) is 12.6.